The van der Waals surface area contributed by atoms with Crippen LogP contribution in [0.2, 0.25) is 0 Å². The quantitative estimate of drug-likeness (QED) is 0.186. The summed E-state index contributed by atoms with van der Waals surface area (Å²) in [6.45, 7) is 0. The van der Waals surface area contributed by atoms with Crippen molar-refractivity contribution < 1.29 is 4.42 Å². The smallest absolute Gasteiger partial charge is 0.165 e. The predicted octanol–water partition coefficient (Wildman–Crippen LogP) is 11.6. The average Bonchev–Trinajstić information content (AvgIpc) is 3.87. The van der Waals surface area contributed by atoms with Crippen molar-refractivity contribution in [2.75, 3.05) is 0 Å². The van der Waals surface area contributed by atoms with E-state index in [0.29, 0.717) is 17.5 Å². The summed E-state index contributed by atoms with van der Waals surface area (Å²) in [6, 6.07) is 50.2. The summed E-state index contributed by atoms with van der Waals surface area (Å²) in [6.07, 6.45) is 1.84. The number of fused-ring (bicyclic) bond motifs is 9. The predicted molar refractivity (Wildman–Crippen MR) is 208 cm³/mol. The van der Waals surface area contributed by atoms with E-state index in [-0.39, 0.29) is 0 Å². The molecule has 0 N–H and O–H groups in total. The lowest BCUT2D eigenvalue weighted by Crippen LogP contribution is -2.00. The fourth-order valence-corrected chi connectivity index (χ4v) is 8.58. The highest BCUT2D eigenvalue weighted by atomic mass is 32.1. The second kappa shape index (κ2) is 10.9. The molecule has 11 aromatic rings. The zero-order valence-electron chi connectivity index (χ0n) is 27.0. The Bertz CT molecular complexity index is 3100. The van der Waals surface area contributed by atoms with Gasteiger partial charge in [-0.2, -0.15) is 0 Å². The number of hydrogen-bond donors (Lipinski definition) is 0. The van der Waals surface area contributed by atoms with Crippen molar-refractivity contribution in [3.05, 3.63) is 152 Å². The number of thiophene rings is 1. The molecule has 51 heavy (non-hydrogen) atoms. The normalized spacial score (nSPS) is 11.9. The maximum absolute atomic E-state index is 6.48. The van der Waals surface area contributed by atoms with Gasteiger partial charge in [0.25, 0.3) is 0 Å². The van der Waals surface area contributed by atoms with Gasteiger partial charge in [0, 0.05) is 70.7 Å². The van der Waals surface area contributed by atoms with E-state index in [1.807, 2.05) is 54.7 Å². The van der Waals surface area contributed by atoms with Gasteiger partial charge in [-0.3, -0.25) is 4.57 Å². The molecule has 7 heteroatoms. The molecule has 6 aromatic carbocycles. The van der Waals surface area contributed by atoms with Crippen LogP contribution in [0.4, 0.5) is 0 Å². The molecule has 0 unspecified atom stereocenters. The second-order valence-corrected chi connectivity index (χ2v) is 13.7. The van der Waals surface area contributed by atoms with Crippen LogP contribution in [0, 0.1) is 0 Å². The van der Waals surface area contributed by atoms with Gasteiger partial charge in [-0.1, -0.05) is 78.9 Å². The largest absolute Gasteiger partial charge is 0.456 e. The summed E-state index contributed by atoms with van der Waals surface area (Å²) in [4.78, 5) is 20.0. The SMILES string of the molecule is c1ccc(-c2nc(-c3ccc4oc5cc(-n6c7ccccc7c7cccnc76)ccc5c4c3)nc(-c3cccc4c3sc3ccccc34)n2)cc1. The molecule has 0 aliphatic rings. The number of para-hydroxylation sites is 1. The van der Waals surface area contributed by atoms with E-state index >= 15 is 0 Å². The molecule has 5 heterocycles. The third-order valence-electron chi connectivity index (χ3n) is 9.72. The van der Waals surface area contributed by atoms with E-state index in [2.05, 4.69) is 102 Å². The summed E-state index contributed by atoms with van der Waals surface area (Å²) in [5.74, 6) is 1.90. The molecular weight excluding hydrogens is 647 g/mol. The van der Waals surface area contributed by atoms with Crippen LogP contribution in [-0.4, -0.2) is 24.5 Å². The van der Waals surface area contributed by atoms with Crippen molar-refractivity contribution in [3.63, 3.8) is 0 Å². The lowest BCUT2D eigenvalue weighted by molar-refractivity contribution is 0.668. The van der Waals surface area contributed by atoms with E-state index < -0.39 is 0 Å². The van der Waals surface area contributed by atoms with Gasteiger partial charge in [-0.15, -0.1) is 11.3 Å². The van der Waals surface area contributed by atoms with Gasteiger partial charge in [0.05, 0.1) is 11.2 Å². The molecule has 0 aliphatic carbocycles. The summed E-state index contributed by atoms with van der Waals surface area (Å²) in [7, 11) is 0. The highest BCUT2D eigenvalue weighted by Gasteiger charge is 2.19. The first-order valence-electron chi connectivity index (χ1n) is 16.8. The van der Waals surface area contributed by atoms with Crippen LogP contribution >= 0.6 is 11.3 Å². The zero-order chi connectivity index (χ0) is 33.5. The molecule has 238 valence electrons. The highest BCUT2D eigenvalue weighted by Crippen LogP contribution is 2.40. The molecule has 0 bridgehead atoms. The number of nitrogens with zero attached hydrogens (tertiary/aromatic N) is 5. The maximum Gasteiger partial charge on any atom is 0.165 e. The van der Waals surface area contributed by atoms with Crippen LogP contribution in [0.5, 0.6) is 0 Å². The Morgan fingerprint density at radius 3 is 2.18 bits per heavy atom. The molecule has 0 fully saturated rings. The van der Waals surface area contributed by atoms with Crippen molar-refractivity contribution in [3.8, 4) is 39.9 Å². The molecular formula is C44H25N5OS. The van der Waals surface area contributed by atoms with Crippen LogP contribution in [0.3, 0.4) is 0 Å². The van der Waals surface area contributed by atoms with Crippen molar-refractivity contribution in [2.24, 2.45) is 0 Å². The first-order chi connectivity index (χ1) is 25.3. The third kappa shape index (κ3) is 4.35. The Morgan fingerprint density at radius 1 is 0.490 bits per heavy atom. The standard InChI is InChI=1S/C44H25N5OS/c1-2-10-26(11-3-1)41-46-42(48-43(47-41)34-15-8-14-32-31-13-5-7-18-39(31)51-40(32)34)27-19-22-37-35(24-27)30-21-20-28(25-38(30)50-37)49-36-17-6-4-12-29(36)33-16-9-23-45-44(33)49/h1-25H. The minimum absolute atomic E-state index is 0.612. The molecule has 0 radical (unpaired) electrons. The van der Waals surface area contributed by atoms with Crippen molar-refractivity contribution in [2.45, 2.75) is 0 Å². The van der Waals surface area contributed by atoms with Crippen LogP contribution < -0.4 is 0 Å². The van der Waals surface area contributed by atoms with E-state index in [1.165, 1.54) is 25.6 Å². The molecule has 0 saturated carbocycles. The first kappa shape index (κ1) is 28.2. The molecule has 0 saturated heterocycles. The van der Waals surface area contributed by atoms with Crippen LogP contribution in [0.25, 0.3) is 104 Å². The average molecular weight is 672 g/mol. The Kier molecular flexibility index (Phi) is 6.02. The van der Waals surface area contributed by atoms with Gasteiger partial charge in [0.2, 0.25) is 0 Å². The molecule has 0 amide bonds. The van der Waals surface area contributed by atoms with Crippen LogP contribution in [-0.2, 0) is 0 Å². The Morgan fingerprint density at radius 2 is 1.25 bits per heavy atom. The van der Waals surface area contributed by atoms with Gasteiger partial charge in [0.1, 0.15) is 16.8 Å². The second-order valence-electron chi connectivity index (χ2n) is 12.7. The fraction of sp³-hybridized carbons (Fsp3) is 0. The van der Waals surface area contributed by atoms with Gasteiger partial charge in [-0.05, 0) is 60.7 Å². The van der Waals surface area contributed by atoms with E-state index in [0.717, 1.165) is 60.9 Å². The minimum atomic E-state index is 0.612. The van der Waals surface area contributed by atoms with E-state index in [1.54, 1.807) is 11.3 Å². The van der Waals surface area contributed by atoms with Crippen LogP contribution in [0.15, 0.2) is 156 Å². The van der Waals surface area contributed by atoms with Crippen LogP contribution in [0.1, 0.15) is 0 Å². The highest BCUT2D eigenvalue weighted by molar-refractivity contribution is 7.26. The van der Waals surface area contributed by atoms with E-state index in [9.17, 15) is 0 Å². The van der Waals surface area contributed by atoms with E-state index in [4.69, 9.17) is 24.4 Å². The first-order valence-corrected chi connectivity index (χ1v) is 17.6. The Labute approximate surface area is 294 Å². The van der Waals surface area contributed by atoms with Crippen molar-refractivity contribution >= 4 is 75.4 Å². The number of hydrogen-bond acceptors (Lipinski definition) is 6. The number of furan rings is 1. The minimum Gasteiger partial charge on any atom is -0.456 e. The summed E-state index contributed by atoms with van der Waals surface area (Å²) in [5, 5.41) is 6.77. The lowest BCUT2D eigenvalue weighted by Gasteiger charge is -2.09. The third-order valence-corrected chi connectivity index (χ3v) is 10.9. The van der Waals surface area contributed by atoms with Crippen molar-refractivity contribution in [1.29, 1.82) is 0 Å². The number of rotatable bonds is 4. The number of aromatic nitrogens is 5. The summed E-state index contributed by atoms with van der Waals surface area (Å²) >= 11 is 1.77. The topological polar surface area (TPSA) is 69.6 Å². The van der Waals surface area contributed by atoms with Gasteiger partial charge < -0.3 is 4.42 Å². The molecule has 0 atom stereocenters. The van der Waals surface area contributed by atoms with Crippen molar-refractivity contribution in [1.82, 2.24) is 24.5 Å². The lowest BCUT2D eigenvalue weighted by atomic mass is 10.1. The summed E-state index contributed by atoms with van der Waals surface area (Å²) in [5.41, 5.74) is 7.46. The number of pyridine rings is 1. The molecule has 0 spiro atoms. The van der Waals surface area contributed by atoms with Gasteiger partial charge >= 0.3 is 0 Å². The zero-order valence-corrected chi connectivity index (χ0v) is 27.8. The molecule has 0 aliphatic heterocycles. The number of benzene rings is 6. The maximum atomic E-state index is 6.48. The monoisotopic (exact) mass is 671 g/mol. The Hall–Kier alpha value is -6.70. The van der Waals surface area contributed by atoms with Gasteiger partial charge in [-0.25, -0.2) is 19.9 Å². The Balaban J connectivity index is 1.08. The summed E-state index contributed by atoms with van der Waals surface area (Å²) < 4.78 is 11.1. The van der Waals surface area contributed by atoms with Gasteiger partial charge in [0.15, 0.2) is 17.5 Å². The fourth-order valence-electron chi connectivity index (χ4n) is 7.37. The molecule has 6 nitrogen and oxygen atoms in total. The molecule has 11 rings (SSSR count). The molecule has 5 aromatic heterocycles.